The van der Waals surface area contributed by atoms with Crippen molar-refractivity contribution in [2.24, 2.45) is 5.92 Å². The average Bonchev–Trinajstić information content (AvgIpc) is 2.30. The maximum absolute atomic E-state index is 11.9. The molecule has 5 nitrogen and oxygen atoms in total. The molecular formula is C13H16ClNO4. The number of carboxylic acid groups (broad SMARTS) is 1. The van der Waals surface area contributed by atoms with Gasteiger partial charge in [-0.25, -0.2) is 4.79 Å². The molecule has 0 saturated heterocycles. The van der Waals surface area contributed by atoms with E-state index in [4.69, 9.17) is 16.7 Å². The number of phenols is 1. The Kier molecular flexibility index (Phi) is 5.18. The molecule has 1 rings (SSSR count). The Balaban J connectivity index is 2.87. The van der Waals surface area contributed by atoms with E-state index in [1.165, 1.54) is 18.2 Å². The lowest BCUT2D eigenvalue weighted by Gasteiger charge is -2.16. The smallest absolute Gasteiger partial charge is 0.326 e. The second kappa shape index (κ2) is 6.43. The first-order chi connectivity index (χ1) is 8.81. The van der Waals surface area contributed by atoms with Gasteiger partial charge < -0.3 is 15.5 Å². The van der Waals surface area contributed by atoms with Crippen molar-refractivity contribution in [3.63, 3.8) is 0 Å². The zero-order valence-electron chi connectivity index (χ0n) is 10.7. The van der Waals surface area contributed by atoms with Crippen molar-refractivity contribution in [2.75, 3.05) is 0 Å². The predicted octanol–water partition coefficient (Wildman–Crippen LogP) is 2.27. The van der Waals surface area contributed by atoms with E-state index in [9.17, 15) is 14.7 Å². The number of aromatic hydroxyl groups is 1. The van der Waals surface area contributed by atoms with Gasteiger partial charge in [-0.3, -0.25) is 4.79 Å². The zero-order chi connectivity index (χ0) is 14.6. The van der Waals surface area contributed by atoms with E-state index in [2.05, 4.69) is 5.32 Å². The fourth-order valence-electron chi connectivity index (χ4n) is 1.62. The third kappa shape index (κ3) is 4.44. The standard InChI is InChI=1S/C13H16ClNO4/c1-7(2)5-10(13(18)19)15-12(17)9-6-8(14)3-4-11(9)16/h3-4,6-7,10,16H,5H2,1-2H3,(H,15,17)(H,18,19)/t10-/m0/s1. The summed E-state index contributed by atoms with van der Waals surface area (Å²) in [5, 5.41) is 21.3. The summed E-state index contributed by atoms with van der Waals surface area (Å²) in [4.78, 5) is 23.0. The fourth-order valence-corrected chi connectivity index (χ4v) is 1.79. The van der Waals surface area contributed by atoms with Gasteiger partial charge in [0.05, 0.1) is 5.56 Å². The second-order valence-electron chi connectivity index (χ2n) is 4.66. The molecule has 0 bridgehead atoms. The molecule has 1 aromatic rings. The van der Waals surface area contributed by atoms with Crippen LogP contribution in [0.1, 0.15) is 30.6 Å². The van der Waals surface area contributed by atoms with Crippen LogP contribution >= 0.6 is 11.6 Å². The number of rotatable bonds is 5. The van der Waals surface area contributed by atoms with Gasteiger partial charge in [0, 0.05) is 5.02 Å². The van der Waals surface area contributed by atoms with Crippen LogP contribution in [0.25, 0.3) is 0 Å². The van der Waals surface area contributed by atoms with Crippen LogP contribution in [0, 0.1) is 5.92 Å². The normalized spacial score (nSPS) is 12.2. The monoisotopic (exact) mass is 285 g/mol. The Morgan fingerprint density at radius 2 is 2.00 bits per heavy atom. The van der Waals surface area contributed by atoms with Crippen molar-refractivity contribution in [1.82, 2.24) is 5.32 Å². The van der Waals surface area contributed by atoms with Crippen LogP contribution in [-0.2, 0) is 4.79 Å². The molecule has 1 amide bonds. The Bertz CT molecular complexity index is 488. The number of carbonyl (C=O) groups excluding carboxylic acids is 1. The van der Waals surface area contributed by atoms with Gasteiger partial charge >= 0.3 is 5.97 Å². The van der Waals surface area contributed by atoms with Gasteiger partial charge in [0.1, 0.15) is 11.8 Å². The summed E-state index contributed by atoms with van der Waals surface area (Å²) in [7, 11) is 0. The number of hydrogen-bond acceptors (Lipinski definition) is 3. The summed E-state index contributed by atoms with van der Waals surface area (Å²) in [5.41, 5.74) is -0.0393. The minimum Gasteiger partial charge on any atom is -0.507 e. The first kappa shape index (κ1) is 15.3. The summed E-state index contributed by atoms with van der Waals surface area (Å²) < 4.78 is 0. The van der Waals surface area contributed by atoms with Crippen LogP contribution in [0.15, 0.2) is 18.2 Å². The summed E-state index contributed by atoms with van der Waals surface area (Å²) in [6.45, 7) is 3.72. The van der Waals surface area contributed by atoms with Gasteiger partial charge in [-0.2, -0.15) is 0 Å². The highest BCUT2D eigenvalue weighted by Crippen LogP contribution is 2.21. The second-order valence-corrected chi connectivity index (χ2v) is 5.09. The molecular weight excluding hydrogens is 270 g/mol. The van der Waals surface area contributed by atoms with Gasteiger partial charge in [0.15, 0.2) is 0 Å². The molecule has 19 heavy (non-hydrogen) atoms. The molecule has 1 aromatic carbocycles. The number of carboxylic acids is 1. The molecule has 0 aliphatic heterocycles. The van der Waals surface area contributed by atoms with Crippen molar-refractivity contribution in [3.8, 4) is 5.75 Å². The zero-order valence-corrected chi connectivity index (χ0v) is 11.4. The summed E-state index contributed by atoms with van der Waals surface area (Å²) in [6, 6.07) is 3.03. The van der Waals surface area contributed by atoms with Gasteiger partial charge in [-0.15, -0.1) is 0 Å². The first-order valence-corrected chi connectivity index (χ1v) is 6.21. The van der Waals surface area contributed by atoms with E-state index in [1.807, 2.05) is 13.8 Å². The molecule has 0 aliphatic carbocycles. The number of hydrogen-bond donors (Lipinski definition) is 3. The van der Waals surface area contributed by atoms with E-state index in [0.717, 1.165) is 0 Å². The lowest BCUT2D eigenvalue weighted by Crippen LogP contribution is -2.41. The van der Waals surface area contributed by atoms with E-state index >= 15 is 0 Å². The van der Waals surface area contributed by atoms with Crippen LogP contribution in [0.3, 0.4) is 0 Å². The molecule has 0 radical (unpaired) electrons. The minimum atomic E-state index is -1.11. The van der Waals surface area contributed by atoms with Crippen LogP contribution in [0.5, 0.6) is 5.75 Å². The molecule has 0 spiro atoms. The molecule has 3 N–H and O–H groups in total. The summed E-state index contributed by atoms with van der Waals surface area (Å²) in [6.07, 6.45) is 0.308. The third-order valence-electron chi connectivity index (χ3n) is 2.51. The van der Waals surface area contributed by atoms with Gasteiger partial charge in [0.2, 0.25) is 0 Å². The highest BCUT2D eigenvalue weighted by molar-refractivity contribution is 6.31. The number of phenolic OH excluding ortho intramolecular Hbond substituents is 1. The molecule has 0 aliphatic rings. The number of aliphatic carboxylic acids is 1. The SMILES string of the molecule is CC(C)C[C@H](NC(=O)c1cc(Cl)ccc1O)C(=O)O. The Morgan fingerprint density at radius 1 is 1.37 bits per heavy atom. The first-order valence-electron chi connectivity index (χ1n) is 5.83. The van der Waals surface area contributed by atoms with Gasteiger partial charge in [-0.1, -0.05) is 25.4 Å². The molecule has 0 fully saturated rings. The van der Waals surface area contributed by atoms with Crippen LogP contribution < -0.4 is 5.32 Å². The topological polar surface area (TPSA) is 86.6 Å². The third-order valence-corrected chi connectivity index (χ3v) is 2.75. The molecule has 0 saturated carbocycles. The van der Waals surface area contributed by atoms with Crippen molar-refractivity contribution in [3.05, 3.63) is 28.8 Å². The van der Waals surface area contributed by atoms with Gasteiger partial charge in [-0.05, 0) is 30.5 Å². The maximum Gasteiger partial charge on any atom is 0.326 e. The van der Waals surface area contributed by atoms with Crippen molar-refractivity contribution < 1.29 is 19.8 Å². The number of benzene rings is 1. The number of amides is 1. The fraction of sp³-hybridized carbons (Fsp3) is 0.385. The van der Waals surface area contributed by atoms with E-state index in [0.29, 0.717) is 11.4 Å². The molecule has 0 aromatic heterocycles. The maximum atomic E-state index is 11.9. The molecule has 104 valence electrons. The average molecular weight is 286 g/mol. The van der Waals surface area contributed by atoms with Crippen molar-refractivity contribution >= 4 is 23.5 Å². The van der Waals surface area contributed by atoms with Crippen molar-refractivity contribution in [1.29, 1.82) is 0 Å². The quantitative estimate of drug-likeness (QED) is 0.774. The highest BCUT2D eigenvalue weighted by atomic mass is 35.5. The molecule has 0 unspecified atom stereocenters. The number of nitrogens with one attached hydrogen (secondary N) is 1. The largest absolute Gasteiger partial charge is 0.507 e. The highest BCUT2D eigenvalue weighted by Gasteiger charge is 2.23. The van der Waals surface area contributed by atoms with Crippen LogP contribution in [0.4, 0.5) is 0 Å². The Morgan fingerprint density at radius 3 is 2.53 bits per heavy atom. The van der Waals surface area contributed by atoms with Crippen LogP contribution in [-0.4, -0.2) is 28.1 Å². The lowest BCUT2D eigenvalue weighted by atomic mass is 10.0. The Labute approximate surface area is 116 Å². The molecule has 1 atom stereocenters. The van der Waals surface area contributed by atoms with E-state index in [1.54, 1.807) is 0 Å². The minimum absolute atomic E-state index is 0.0393. The van der Waals surface area contributed by atoms with Gasteiger partial charge in [0.25, 0.3) is 5.91 Å². The lowest BCUT2D eigenvalue weighted by molar-refractivity contribution is -0.139. The Hall–Kier alpha value is -1.75. The van der Waals surface area contributed by atoms with Crippen molar-refractivity contribution in [2.45, 2.75) is 26.3 Å². The predicted molar refractivity (Wildman–Crippen MR) is 71.5 cm³/mol. The number of halogens is 1. The molecule has 0 heterocycles. The van der Waals surface area contributed by atoms with E-state index < -0.39 is 17.9 Å². The summed E-state index contributed by atoms with van der Waals surface area (Å²) in [5.74, 6) is -1.89. The van der Waals surface area contributed by atoms with E-state index in [-0.39, 0.29) is 17.2 Å². The van der Waals surface area contributed by atoms with Crippen LogP contribution in [0.2, 0.25) is 5.02 Å². The number of carbonyl (C=O) groups is 2. The molecule has 6 heteroatoms. The summed E-state index contributed by atoms with van der Waals surface area (Å²) >= 11 is 5.74.